The van der Waals surface area contributed by atoms with Crippen LogP contribution in [0.15, 0.2) is 71.9 Å². The first kappa shape index (κ1) is 28.1. The lowest BCUT2D eigenvalue weighted by atomic mass is 9.95. The molecule has 0 saturated carbocycles. The summed E-state index contributed by atoms with van der Waals surface area (Å²) < 4.78 is 33.2. The van der Waals surface area contributed by atoms with Gasteiger partial charge in [0.25, 0.3) is 15.9 Å². The fourth-order valence-electron chi connectivity index (χ4n) is 4.75. The van der Waals surface area contributed by atoms with E-state index in [4.69, 9.17) is 9.72 Å². The number of carbonyl (C=O) groups is 2. The molecule has 0 fully saturated rings. The Labute approximate surface area is 238 Å². The van der Waals surface area contributed by atoms with Crippen LogP contribution in [0, 0.1) is 0 Å². The molecule has 12 heteroatoms. The molecule has 5 rings (SSSR count). The Bertz CT molecular complexity index is 1680. The number of esters is 1. The third-order valence-corrected chi connectivity index (χ3v) is 8.09. The summed E-state index contributed by atoms with van der Waals surface area (Å²) in [5.41, 5.74) is 3.21. The average Bonchev–Trinajstić information content (AvgIpc) is 2.96. The number of sulfonamides is 1. The number of carbonyl (C=O) groups excluding carboxylic acids is 2. The number of fused-ring (bicyclic) bond motifs is 2. The number of ether oxygens (including phenoxy) is 1. The first-order valence-electron chi connectivity index (χ1n) is 13.3. The van der Waals surface area contributed by atoms with Gasteiger partial charge in [0.05, 0.1) is 16.0 Å². The fraction of sp³-hybridized carbons (Fsp3) is 0.276. The van der Waals surface area contributed by atoms with Gasteiger partial charge in [0.1, 0.15) is 0 Å². The van der Waals surface area contributed by atoms with E-state index in [0.29, 0.717) is 28.7 Å². The molecule has 0 aliphatic carbocycles. The molecule has 0 spiro atoms. The lowest BCUT2D eigenvalue weighted by Crippen LogP contribution is -2.34. The number of benzene rings is 2. The summed E-state index contributed by atoms with van der Waals surface area (Å²) in [6.45, 7) is 5.99. The van der Waals surface area contributed by atoms with Crippen molar-refractivity contribution in [1.82, 2.24) is 19.9 Å². The maximum atomic E-state index is 13.5. The lowest BCUT2D eigenvalue weighted by Gasteiger charge is -2.29. The molecule has 212 valence electrons. The number of anilines is 2. The summed E-state index contributed by atoms with van der Waals surface area (Å²) in [7, 11) is -3.92. The predicted molar refractivity (Wildman–Crippen MR) is 154 cm³/mol. The molecule has 11 nitrogen and oxygen atoms in total. The SMILES string of the molecule is CCCN1CCc2nc3ccccc3c(C(=O)OC(C)C(=O)Nc3ccc(S(=O)(=O)Nc4ncccn4)cc3)c2C1. The molecular weight excluding hydrogens is 544 g/mol. The van der Waals surface area contributed by atoms with E-state index in [0.717, 1.165) is 37.2 Å². The van der Waals surface area contributed by atoms with Crippen LogP contribution in [0.5, 0.6) is 0 Å². The van der Waals surface area contributed by atoms with Crippen molar-refractivity contribution >= 4 is 44.4 Å². The average molecular weight is 575 g/mol. The first-order chi connectivity index (χ1) is 19.7. The van der Waals surface area contributed by atoms with Gasteiger partial charge in [-0.1, -0.05) is 25.1 Å². The molecule has 41 heavy (non-hydrogen) atoms. The highest BCUT2D eigenvalue weighted by molar-refractivity contribution is 7.92. The Morgan fingerprint density at radius 2 is 1.78 bits per heavy atom. The maximum absolute atomic E-state index is 13.5. The lowest BCUT2D eigenvalue weighted by molar-refractivity contribution is -0.123. The zero-order valence-corrected chi connectivity index (χ0v) is 23.5. The second kappa shape index (κ2) is 12.0. The predicted octanol–water partition coefficient (Wildman–Crippen LogP) is 3.78. The molecule has 1 unspecified atom stereocenters. The highest BCUT2D eigenvalue weighted by atomic mass is 32.2. The molecule has 0 saturated heterocycles. The highest BCUT2D eigenvalue weighted by Gasteiger charge is 2.28. The van der Waals surface area contributed by atoms with Crippen LogP contribution in [0.2, 0.25) is 0 Å². The van der Waals surface area contributed by atoms with Crippen molar-refractivity contribution in [2.45, 2.75) is 44.2 Å². The van der Waals surface area contributed by atoms with Crippen molar-refractivity contribution in [3.05, 3.63) is 83.8 Å². The van der Waals surface area contributed by atoms with Gasteiger partial charge in [0, 0.05) is 54.2 Å². The van der Waals surface area contributed by atoms with Crippen molar-refractivity contribution in [2.75, 3.05) is 23.1 Å². The summed E-state index contributed by atoms with van der Waals surface area (Å²) in [6, 6.07) is 14.6. The Morgan fingerprint density at radius 1 is 1.05 bits per heavy atom. The monoisotopic (exact) mass is 574 g/mol. The molecular formula is C29H30N6O5S. The second-order valence-electron chi connectivity index (χ2n) is 9.69. The molecule has 1 aliphatic heterocycles. The Kier molecular flexibility index (Phi) is 8.22. The molecule has 2 aromatic heterocycles. The van der Waals surface area contributed by atoms with E-state index in [1.165, 1.54) is 43.6 Å². The van der Waals surface area contributed by atoms with Gasteiger partial charge in [0.15, 0.2) is 6.10 Å². The molecule has 1 aliphatic rings. The maximum Gasteiger partial charge on any atom is 0.339 e. The summed E-state index contributed by atoms with van der Waals surface area (Å²) >= 11 is 0. The van der Waals surface area contributed by atoms with Crippen molar-refractivity contribution < 1.29 is 22.7 Å². The number of amides is 1. The van der Waals surface area contributed by atoms with Crippen molar-refractivity contribution in [2.24, 2.45) is 0 Å². The van der Waals surface area contributed by atoms with E-state index in [2.05, 4.69) is 31.8 Å². The third-order valence-electron chi connectivity index (χ3n) is 6.75. The topological polar surface area (TPSA) is 143 Å². The standard InChI is InChI=1S/C29H30N6O5S/c1-3-16-35-17-13-25-23(18-35)26(22-7-4-5-8-24(22)33-25)28(37)40-19(2)27(36)32-20-9-11-21(12-10-20)41(38,39)34-29-30-14-6-15-31-29/h4-12,14-15,19H,3,13,16-18H2,1-2H3,(H,32,36)(H,30,31,34). The largest absolute Gasteiger partial charge is 0.449 e. The molecule has 2 N–H and O–H groups in total. The molecule has 4 aromatic rings. The van der Waals surface area contributed by atoms with E-state index in [1.807, 2.05) is 24.3 Å². The van der Waals surface area contributed by atoms with Gasteiger partial charge in [-0.25, -0.2) is 27.9 Å². The van der Waals surface area contributed by atoms with Crippen LogP contribution < -0.4 is 10.0 Å². The van der Waals surface area contributed by atoms with Gasteiger partial charge < -0.3 is 10.1 Å². The second-order valence-corrected chi connectivity index (χ2v) is 11.4. The van der Waals surface area contributed by atoms with Gasteiger partial charge in [-0.05, 0) is 56.3 Å². The Hall–Kier alpha value is -4.42. The zero-order valence-electron chi connectivity index (χ0n) is 22.7. The molecule has 1 amide bonds. The zero-order chi connectivity index (χ0) is 29.0. The number of rotatable bonds is 9. The van der Waals surface area contributed by atoms with Crippen molar-refractivity contribution in [3.63, 3.8) is 0 Å². The van der Waals surface area contributed by atoms with Gasteiger partial charge >= 0.3 is 5.97 Å². The van der Waals surface area contributed by atoms with Crippen molar-refractivity contribution in [3.8, 4) is 0 Å². The van der Waals surface area contributed by atoms with Gasteiger partial charge in [-0.15, -0.1) is 0 Å². The van der Waals surface area contributed by atoms with Crippen LogP contribution in [-0.4, -0.2) is 59.3 Å². The number of nitrogens with one attached hydrogen (secondary N) is 2. The molecule has 0 bridgehead atoms. The molecule has 3 heterocycles. The van der Waals surface area contributed by atoms with E-state index < -0.39 is 28.0 Å². The molecule has 2 aromatic carbocycles. The van der Waals surface area contributed by atoms with Crippen LogP contribution in [0.25, 0.3) is 10.9 Å². The highest BCUT2D eigenvalue weighted by Crippen LogP contribution is 2.29. The van der Waals surface area contributed by atoms with Crippen LogP contribution in [0.3, 0.4) is 0 Å². The van der Waals surface area contributed by atoms with Crippen LogP contribution in [-0.2, 0) is 32.5 Å². The van der Waals surface area contributed by atoms with E-state index >= 15 is 0 Å². The summed E-state index contributed by atoms with van der Waals surface area (Å²) in [5.74, 6) is -1.19. The van der Waals surface area contributed by atoms with Gasteiger partial charge in [-0.2, -0.15) is 0 Å². The number of nitrogens with zero attached hydrogens (tertiary/aromatic N) is 4. The minimum atomic E-state index is -3.92. The summed E-state index contributed by atoms with van der Waals surface area (Å²) in [6.07, 6.45) is 3.46. The fourth-order valence-corrected chi connectivity index (χ4v) is 5.71. The minimum absolute atomic E-state index is 0.0334. The van der Waals surface area contributed by atoms with Gasteiger partial charge in [-0.3, -0.25) is 14.7 Å². The van der Waals surface area contributed by atoms with Crippen molar-refractivity contribution in [1.29, 1.82) is 0 Å². The number of hydrogen-bond acceptors (Lipinski definition) is 9. The van der Waals surface area contributed by atoms with Gasteiger partial charge in [0.2, 0.25) is 5.95 Å². The summed E-state index contributed by atoms with van der Waals surface area (Å²) in [5, 5.41) is 3.36. The van der Waals surface area contributed by atoms with E-state index in [9.17, 15) is 18.0 Å². The normalized spacial score (nSPS) is 14.2. The number of pyridine rings is 1. The minimum Gasteiger partial charge on any atom is -0.449 e. The molecule has 1 atom stereocenters. The Balaban J connectivity index is 1.29. The van der Waals surface area contributed by atoms with E-state index in [-0.39, 0.29) is 10.8 Å². The van der Waals surface area contributed by atoms with Crippen LogP contribution in [0.4, 0.5) is 11.6 Å². The Morgan fingerprint density at radius 3 is 2.51 bits per heavy atom. The smallest absolute Gasteiger partial charge is 0.339 e. The number of para-hydroxylation sites is 1. The number of aromatic nitrogens is 3. The van der Waals surface area contributed by atoms with E-state index in [1.54, 1.807) is 6.07 Å². The van der Waals surface area contributed by atoms with Crippen LogP contribution >= 0.6 is 0 Å². The summed E-state index contributed by atoms with van der Waals surface area (Å²) in [4.78, 5) is 41.2. The third kappa shape index (κ3) is 6.34. The first-order valence-corrected chi connectivity index (χ1v) is 14.8. The molecule has 0 radical (unpaired) electrons. The number of hydrogen-bond donors (Lipinski definition) is 2. The quantitative estimate of drug-likeness (QED) is 0.286. The van der Waals surface area contributed by atoms with Crippen LogP contribution in [0.1, 0.15) is 41.9 Å².